The van der Waals surface area contributed by atoms with Crippen LogP contribution in [0, 0.1) is 0 Å². The second kappa shape index (κ2) is 4.37. The average Bonchev–Trinajstić information content (AvgIpc) is 2.09. The highest BCUT2D eigenvalue weighted by Gasteiger charge is 2.62. The molecular formula is C8H4Cl2F6O. The van der Waals surface area contributed by atoms with Crippen molar-refractivity contribution in [3.05, 3.63) is 23.0 Å². The SMILES string of the molecule is FC1=CC(Cl)(OC(F)(F)C(F)(F)F)CC=C1Cl. The van der Waals surface area contributed by atoms with Gasteiger partial charge in [-0.25, -0.2) is 4.39 Å². The maximum absolute atomic E-state index is 12.9. The summed E-state index contributed by atoms with van der Waals surface area (Å²) in [7, 11) is 0. The molecule has 1 rings (SSSR count). The second-order valence-corrected chi connectivity index (χ2v) is 4.20. The lowest BCUT2D eigenvalue weighted by atomic mass is 10.1. The maximum atomic E-state index is 12.9. The zero-order valence-corrected chi connectivity index (χ0v) is 9.31. The molecule has 17 heavy (non-hydrogen) atoms. The molecule has 0 aromatic rings. The van der Waals surface area contributed by atoms with Crippen molar-refractivity contribution < 1.29 is 31.1 Å². The van der Waals surface area contributed by atoms with E-state index in [1.54, 1.807) is 0 Å². The van der Waals surface area contributed by atoms with Gasteiger partial charge in [-0.15, -0.1) is 0 Å². The summed E-state index contributed by atoms with van der Waals surface area (Å²) in [4.78, 5) is 0. The van der Waals surface area contributed by atoms with Gasteiger partial charge in [0.15, 0.2) is 5.06 Å². The van der Waals surface area contributed by atoms with Crippen molar-refractivity contribution in [3.63, 3.8) is 0 Å². The molecule has 1 atom stereocenters. The highest BCUT2D eigenvalue weighted by molar-refractivity contribution is 6.32. The molecule has 0 amide bonds. The number of rotatable bonds is 2. The number of ether oxygens (including phenoxy) is 1. The highest BCUT2D eigenvalue weighted by atomic mass is 35.5. The second-order valence-electron chi connectivity index (χ2n) is 3.15. The summed E-state index contributed by atoms with van der Waals surface area (Å²) in [5.74, 6) is -1.23. The molecule has 0 fully saturated rings. The predicted molar refractivity (Wildman–Crippen MR) is 48.4 cm³/mol. The van der Waals surface area contributed by atoms with Crippen molar-refractivity contribution >= 4 is 23.2 Å². The van der Waals surface area contributed by atoms with Gasteiger partial charge in [-0.2, -0.15) is 22.0 Å². The maximum Gasteiger partial charge on any atom is 0.483 e. The monoisotopic (exact) mass is 300 g/mol. The van der Waals surface area contributed by atoms with Gasteiger partial charge in [-0.1, -0.05) is 29.3 Å². The Morgan fingerprint density at radius 2 is 1.76 bits per heavy atom. The highest BCUT2D eigenvalue weighted by Crippen LogP contribution is 2.44. The van der Waals surface area contributed by atoms with Crippen LogP contribution in [0.3, 0.4) is 0 Å². The van der Waals surface area contributed by atoms with Crippen molar-refractivity contribution in [3.8, 4) is 0 Å². The summed E-state index contributed by atoms with van der Waals surface area (Å²) >= 11 is 10.6. The lowest BCUT2D eigenvalue weighted by Crippen LogP contribution is -2.45. The summed E-state index contributed by atoms with van der Waals surface area (Å²) < 4.78 is 77.0. The average molecular weight is 301 g/mol. The van der Waals surface area contributed by atoms with Crippen LogP contribution in [0.4, 0.5) is 26.3 Å². The summed E-state index contributed by atoms with van der Waals surface area (Å²) in [6.45, 7) is 0. The van der Waals surface area contributed by atoms with E-state index in [1.165, 1.54) is 0 Å². The smallest absolute Gasteiger partial charge is 0.287 e. The zero-order valence-electron chi connectivity index (χ0n) is 7.79. The Morgan fingerprint density at radius 1 is 1.24 bits per heavy atom. The van der Waals surface area contributed by atoms with Crippen molar-refractivity contribution in [2.24, 2.45) is 0 Å². The van der Waals surface area contributed by atoms with E-state index in [-0.39, 0.29) is 6.08 Å². The first kappa shape index (κ1) is 14.7. The number of hydrogen-bond acceptors (Lipinski definition) is 1. The van der Waals surface area contributed by atoms with Crippen molar-refractivity contribution in [1.29, 1.82) is 0 Å². The molecule has 1 aliphatic carbocycles. The molecule has 0 aromatic heterocycles. The van der Waals surface area contributed by atoms with Crippen molar-refractivity contribution in [2.45, 2.75) is 23.8 Å². The molecule has 0 spiro atoms. The fraction of sp³-hybridized carbons (Fsp3) is 0.500. The van der Waals surface area contributed by atoms with Crippen LogP contribution in [0.1, 0.15) is 6.42 Å². The van der Waals surface area contributed by atoms with Crippen LogP contribution >= 0.6 is 23.2 Å². The van der Waals surface area contributed by atoms with E-state index in [2.05, 4.69) is 4.74 Å². The van der Waals surface area contributed by atoms with Crippen LogP contribution < -0.4 is 0 Å². The molecular weight excluding hydrogens is 297 g/mol. The Labute approximate surface area is 102 Å². The number of allylic oxidation sites excluding steroid dienone is 2. The fourth-order valence-corrected chi connectivity index (χ4v) is 1.39. The summed E-state index contributed by atoms with van der Waals surface area (Å²) in [5, 5.41) is -3.05. The molecule has 0 aromatic carbocycles. The third-order valence-corrected chi connectivity index (χ3v) is 2.43. The molecule has 0 saturated carbocycles. The van der Waals surface area contributed by atoms with Gasteiger partial charge in [-0.3, -0.25) is 4.74 Å². The number of hydrogen-bond donors (Lipinski definition) is 0. The molecule has 1 aliphatic rings. The molecule has 0 bridgehead atoms. The van der Waals surface area contributed by atoms with E-state index in [4.69, 9.17) is 23.2 Å². The minimum atomic E-state index is -5.94. The number of alkyl halides is 6. The van der Waals surface area contributed by atoms with Gasteiger partial charge in [-0.05, 0) is 0 Å². The van der Waals surface area contributed by atoms with Gasteiger partial charge in [0.25, 0.3) is 0 Å². The van der Waals surface area contributed by atoms with Gasteiger partial charge in [0.1, 0.15) is 5.83 Å². The van der Waals surface area contributed by atoms with E-state index < -0.39 is 34.6 Å². The number of halogens is 8. The molecule has 1 unspecified atom stereocenters. The van der Waals surface area contributed by atoms with Gasteiger partial charge >= 0.3 is 12.3 Å². The van der Waals surface area contributed by atoms with Crippen LogP contribution in [0.15, 0.2) is 23.0 Å². The molecule has 0 heterocycles. The largest absolute Gasteiger partial charge is 0.483 e. The van der Waals surface area contributed by atoms with Gasteiger partial charge in [0, 0.05) is 12.5 Å². The Balaban J connectivity index is 2.90. The normalized spacial score (nSPS) is 26.6. The predicted octanol–water partition coefficient (Wildman–Crippen LogP) is 4.47. The fourth-order valence-electron chi connectivity index (χ4n) is 0.985. The third kappa shape index (κ3) is 3.29. The van der Waals surface area contributed by atoms with Crippen LogP contribution in [-0.4, -0.2) is 17.3 Å². The van der Waals surface area contributed by atoms with E-state index in [0.717, 1.165) is 6.08 Å². The first-order valence-corrected chi connectivity index (χ1v) is 4.80. The Morgan fingerprint density at radius 3 is 2.18 bits per heavy atom. The first-order valence-electron chi connectivity index (χ1n) is 4.05. The van der Waals surface area contributed by atoms with Gasteiger partial charge in [0.2, 0.25) is 0 Å². The van der Waals surface area contributed by atoms with Crippen molar-refractivity contribution in [2.75, 3.05) is 0 Å². The topological polar surface area (TPSA) is 9.23 Å². The van der Waals surface area contributed by atoms with E-state index in [0.29, 0.717) is 0 Å². The molecule has 9 heteroatoms. The van der Waals surface area contributed by atoms with Crippen LogP contribution in [-0.2, 0) is 4.74 Å². The molecule has 0 radical (unpaired) electrons. The standard InChI is InChI=1S/C8H4Cl2F6O/c9-4-1-2-6(10,3-5(4)11)17-8(15,16)7(12,13)14/h1,3H,2H2. The third-order valence-electron chi connectivity index (χ3n) is 1.76. The molecule has 1 nitrogen and oxygen atoms in total. The quantitative estimate of drug-likeness (QED) is 0.540. The summed E-state index contributed by atoms with van der Waals surface area (Å²) in [5.41, 5.74) is 0. The van der Waals surface area contributed by atoms with E-state index in [9.17, 15) is 26.3 Å². The zero-order chi connectivity index (χ0) is 13.5. The van der Waals surface area contributed by atoms with Gasteiger partial charge < -0.3 is 0 Å². The van der Waals surface area contributed by atoms with Crippen LogP contribution in [0.25, 0.3) is 0 Å². The summed E-state index contributed by atoms with van der Waals surface area (Å²) in [6.07, 6.45) is -10.9. The van der Waals surface area contributed by atoms with E-state index >= 15 is 0 Å². The Hall–Kier alpha value is -0.400. The van der Waals surface area contributed by atoms with Crippen LogP contribution in [0.2, 0.25) is 0 Å². The minimum absolute atomic E-state index is 0.260. The van der Waals surface area contributed by atoms with Crippen molar-refractivity contribution in [1.82, 2.24) is 0 Å². The lowest BCUT2D eigenvalue weighted by molar-refractivity contribution is -0.403. The molecule has 0 aliphatic heterocycles. The molecule has 98 valence electrons. The summed E-state index contributed by atoms with van der Waals surface area (Å²) in [6, 6.07) is 0. The first-order chi connectivity index (χ1) is 7.47. The molecule has 0 saturated heterocycles. The minimum Gasteiger partial charge on any atom is -0.287 e. The van der Waals surface area contributed by atoms with E-state index in [1.807, 2.05) is 0 Å². The Bertz CT molecular complexity index is 375. The molecule has 0 N–H and O–H groups in total. The Kier molecular flexibility index (Phi) is 3.76. The van der Waals surface area contributed by atoms with Gasteiger partial charge in [0.05, 0.1) is 5.03 Å². The lowest BCUT2D eigenvalue weighted by Gasteiger charge is -2.30. The van der Waals surface area contributed by atoms with Crippen LogP contribution in [0.5, 0.6) is 0 Å².